The number of nitrogens with zero attached hydrogens (tertiary/aromatic N) is 2. The Balaban J connectivity index is 2.33. The van der Waals surface area contributed by atoms with E-state index in [2.05, 4.69) is 10.0 Å². The zero-order valence-corrected chi connectivity index (χ0v) is 7.08. The van der Waals surface area contributed by atoms with Gasteiger partial charge >= 0.3 is 6.09 Å². The molecule has 1 aliphatic heterocycles. The van der Waals surface area contributed by atoms with Crippen molar-refractivity contribution < 1.29 is 9.90 Å². The van der Waals surface area contributed by atoms with E-state index in [0.717, 1.165) is 31.6 Å². The third-order valence-corrected chi connectivity index (χ3v) is 1.87. The van der Waals surface area contributed by atoms with Crippen LogP contribution >= 0.6 is 0 Å². The van der Waals surface area contributed by atoms with Crippen LogP contribution in [0.15, 0.2) is 5.10 Å². The Morgan fingerprint density at radius 3 is 2.67 bits per heavy atom. The molecule has 0 unspecified atom stereocenters. The third-order valence-electron chi connectivity index (χ3n) is 1.87. The molecule has 1 heterocycles. The summed E-state index contributed by atoms with van der Waals surface area (Å²) in [5, 5.41) is 12.0. The van der Waals surface area contributed by atoms with Gasteiger partial charge in [-0.2, -0.15) is 5.10 Å². The van der Waals surface area contributed by atoms with Crippen LogP contribution in [-0.2, 0) is 0 Å². The van der Waals surface area contributed by atoms with Crippen molar-refractivity contribution in [2.24, 2.45) is 5.10 Å². The number of carbonyl (C=O) groups is 1. The summed E-state index contributed by atoms with van der Waals surface area (Å²) in [6.07, 6.45) is 0.620. The van der Waals surface area contributed by atoms with E-state index in [9.17, 15) is 4.79 Å². The van der Waals surface area contributed by atoms with Gasteiger partial charge in [-0.1, -0.05) is 0 Å². The van der Waals surface area contributed by atoms with Crippen LogP contribution in [0.2, 0.25) is 0 Å². The molecule has 0 saturated carbocycles. The second kappa shape index (κ2) is 4.06. The molecule has 5 nitrogen and oxygen atoms in total. The molecule has 1 saturated heterocycles. The molecule has 0 radical (unpaired) electrons. The normalized spacial score (nSPS) is 18.9. The summed E-state index contributed by atoms with van der Waals surface area (Å²) in [5.41, 5.74) is 2.96. The van der Waals surface area contributed by atoms with E-state index < -0.39 is 6.09 Å². The van der Waals surface area contributed by atoms with Crippen molar-refractivity contribution in [3.8, 4) is 0 Å². The summed E-state index contributed by atoms with van der Waals surface area (Å²) < 4.78 is 0. The van der Waals surface area contributed by atoms with Crippen LogP contribution in [0.5, 0.6) is 0 Å². The fraction of sp³-hybridized carbons (Fsp3) is 0.714. The van der Waals surface area contributed by atoms with Crippen LogP contribution in [-0.4, -0.2) is 41.9 Å². The molecule has 1 rings (SSSR count). The molecular weight excluding hydrogens is 158 g/mol. The highest BCUT2D eigenvalue weighted by atomic mass is 16.4. The standard InChI is InChI=1S/C7H13N3O2/c1-10-4-2-6(3-5-10)8-9-7(11)12/h9H,2-5H2,1H3,(H,11,12). The highest BCUT2D eigenvalue weighted by Gasteiger charge is 2.10. The van der Waals surface area contributed by atoms with Gasteiger partial charge in [-0.3, -0.25) is 0 Å². The SMILES string of the molecule is CN1CCC(=NNC(=O)O)CC1. The van der Waals surface area contributed by atoms with Crippen molar-refractivity contribution in [2.45, 2.75) is 12.8 Å². The molecule has 1 aliphatic rings. The first-order valence-corrected chi connectivity index (χ1v) is 3.91. The molecule has 12 heavy (non-hydrogen) atoms. The monoisotopic (exact) mass is 171 g/mol. The quantitative estimate of drug-likeness (QED) is 0.559. The Hall–Kier alpha value is -1.10. The summed E-state index contributed by atoms with van der Waals surface area (Å²) in [7, 11) is 2.04. The van der Waals surface area contributed by atoms with E-state index in [4.69, 9.17) is 5.11 Å². The topological polar surface area (TPSA) is 64.9 Å². The molecule has 0 spiro atoms. The highest BCUT2D eigenvalue weighted by molar-refractivity contribution is 5.86. The van der Waals surface area contributed by atoms with Crippen LogP contribution in [0, 0.1) is 0 Å². The van der Waals surface area contributed by atoms with E-state index in [-0.39, 0.29) is 0 Å². The number of amides is 1. The fourth-order valence-corrected chi connectivity index (χ4v) is 1.12. The number of hydrogen-bond acceptors (Lipinski definition) is 3. The van der Waals surface area contributed by atoms with Gasteiger partial charge in [0.1, 0.15) is 0 Å². The smallest absolute Gasteiger partial charge is 0.425 e. The van der Waals surface area contributed by atoms with Crippen molar-refractivity contribution in [1.29, 1.82) is 0 Å². The number of piperidine rings is 1. The van der Waals surface area contributed by atoms with Crippen LogP contribution in [0.3, 0.4) is 0 Å². The van der Waals surface area contributed by atoms with Crippen molar-refractivity contribution in [3.63, 3.8) is 0 Å². The maximum Gasteiger partial charge on any atom is 0.425 e. The second-order valence-corrected chi connectivity index (χ2v) is 2.90. The zero-order valence-electron chi connectivity index (χ0n) is 7.08. The number of carboxylic acid groups (broad SMARTS) is 1. The van der Waals surface area contributed by atoms with Gasteiger partial charge in [0, 0.05) is 31.6 Å². The molecule has 0 bridgehead atoms. The van der Waals surface area contributed by atoms with Crippen molar-refractivity contribution in [1.82, 2.24) is 10.3 Å². The first-order chi connectivity index (χ1) is 5.68. The average molecular weight is 171 g/mol. The molecule has 0 aromatic rings. The molecule has 2 N–H and O–H groups in total. The number of hydrogen-bond donors (Lipinski definition) is 2. The van der Waals surface area contributed by atoms with Crippen molar-refractivity contribution >= 4 is 11.8 Å². The van der Waals surface area contributed by atoms with Crippen LogP contribution in [0.4, 0.5) is 4.79 Å². The van der Waals surface area contributed by atoms with E-state index in [0.29, 0.717) is 0 Å². The lowest BCUT2D eigenvalue weighted by Crippen LogP contribution is -2.31. The Morgan fingerprint density at radius 2 is 2.17 bits per heavy atom. The van der Waals surface area contributed by atoms with Crippen molar-refractivity contribution in [3.05, 3.63) is 0 Å². The molecule has 68 valence electrons. The lowest BCUT2D eigenvalue weighted by molar-refractivity contribution is 0.195. The first-order valence-electron chi connectivity index (χ1n) is 3.91. The van der Waals surface area contributed by atoms with E-state index in [1.807, 2.05) is 12.5 Å². The predicted molar refractivity (Wildman–Crippen MR) is 45.3 cm³/mol. The van der Waals surface area contributed by atoms with Gasteiger partial charge in [0.25, 0.3) is 0 Å². The van der Waals surface area contributed by atoms with E-state index in [1.165, 1.54) is 0 Å². The largest absolute Gasteiger partial charge is 0.464 e. The Kier molecular flexibility index (Phi) is 3.04. The van der Waals surface area contributed by atoms with Gasteiger partial charge in [-0.05, 0) is 7.05 Å². The molecule has 0 atom stereocenters. The summed E-state index contributed by atoms with van der Waals surface area (Å²) in [5.74, 6) is 0. The minimum atomic E-state index is -1.10. The molecule has 0 aromatic carbocycles. The van der Waals surface area contributed by atoms with Gasteiger partial charge in [0.15, 0.2) is 0 Å². The maximum absolute atomic E-state index is 10.1. The van der Waals surface area contributed by atoms with E-state index in [1.54, 1.807) is 0 Å². The Labute approximate surface area is 71.1 Å². The zero-order chi connectivity index (χ0) is 8.97. The summed E-state index contributed by atoms with van der Waals surface area (Å²) in [6, 6.07) is 0. The minimum absolute atomic E-state index is 0.858. The summed E-state index contributed by atoms with van der Waals surface area (Å²) >= 11 is 0. The lowest BCUT2D eigenvalue weighted by Gasteiger charge is -2.22. The van der Waals surface area contributed by atoms with Gasteiger partial charge in [-0.15, -0.1) is 0 Å². The maximum atomic E-state index is 10.1. The Morgan fingerprint density at radius 1 is 1.58 bits per heavy atom. The molecule has 0 aromatic heterocycles. The van der Waals surface area contributed by atoms with Crippen molar-refractivity contribution in [2.75, 3.05) is 20.1 Å². The summed E-state index contributed by atoms with van der Waals surface area (Å²) in [4.78, 5) is 12.3. The highest BCUT2D eigenvalue weighted by Crippen LogP contribution is 2.03. The minimum Gasteiger partial charge on any atom is -0.464 e. The van der Waals surface area contributed by atoms with E-state index >= 15 is 0 Å². The van der Waals surface area contributed by atoms with Crippen LogP contribution in [0.1, 0.15) is 12.8 Å². The number of nitrogens with one attached hydrogen (secondary N) is 1. The molecule has 5 heteroatoms. The second-order valence-electron chi connectivity index (χ2n) is 2.90. The summed E-state index contributed by atoms with van der Waals surface area (Å²) in [6.45, 7) is 1.92. The fourth-order valence-electron chi connectivity index (χ4n) is 1.12. The Bertz CT molecular complexity index is 193. The molecular formula is C7H13N3O2. The van der Waals surface area contributed by atoms with Crippen LogP contribution in [0.25, 0.3) is 0 Å². The van der Waals surface area contributed by atoms with Gasteiger partial charge in [-0.25, -0.2) is 10.2 Å². The average Bonchev–Trinajstić information content (AvgIpc) is 2.03. The van der Waals surface area contributed by atoms with Crippen LogP contribution < -0.4 is 5.43 Å². The number of likely N-dealkylation sites (tertiary alicyclic amines) is 1. The molecule has 0 aliphatic carbocycles. The first kappa shape index (κ1) is 8.99. The number of rotatable bonds is 1. The third kappa shape index (κ3) is 2.87. The van der Waals surface area contributed by atoms with Gasteiger partial charge in [0.2, 0.25) is 0 Å². The lowest BCUT2D eigenvalue weighted by atomic mass is 10.1. The predicted octanol–water partition coefficient (Wildman–Crippen LogP) is 0.336. The molecule has 1 amide bonds. The van der Waals surface area contributed by atoms with Gasteiger partial charge in [0.05, 0.1) is 0 Å². The molecule has 1 fully saturated rings. The van der Waals surface area contributed by atoms with Gasteiger partial charge < -0.3 is 10.0 Å². The number of hydrazone groups is 1.